The third kappa shape index (κ3) is 6.88. The average Bonchev–Trinajstić information content (AvgIpc) is 3.00. The molecule has 2 aromatic carbocycles. The highest BCUT2D eigenvalue weighted by atomic mass is 19.4. The van der Waals surface area contributed by atoms with E-state index in [1.807, 2.05) is 0 Å². The number of alkyl halides is 3. The highest BCUT2D eigenvalue weighted by Crippen LogP contribution is 2.31. The first-order valence-corrected chi connectivity index (χ1v) is 14.0. The Balaban J connectivity index is 1.35. The number of benzene rings is 2. The van der Waals surface area contributed by atoms with Crippen molar-refractivity contribution in [3.05, 3.63) is 77.6 Å². The number of nitrogens with two attached hydrogens (primary N) is 1. The number of carbonyl (C=O) groups is 2. The molecule has 1 aliphatic heterocycles. The number of rotatable bonds is 7. The van der Waals surface area contributed by atoms with Gasteiger partial charge in [0.1, 0.15) is 11.9 Å². The molecule has 1 atom stereocenters. The number of fused-ring (bicyclic) bond motifs is 1. The van der Waals surface area contributed by atoms with E-state index in [9.17, 15) is 22.8 Å². The number of halogens is 3. The fourth-order valence-corrected chi connectivity index (χ4v) is 5.11. The van der Waals surface area contributed by atoms with Crippen molar-refractivity contribution in [2.24, 2.45) is 0 Å². The Morgan fingerprint density at radius 3 is 2.34 bits per heavy atom. The number of nitrogen functional groups attached to an aromatic ring is 1. The van der Waals surface area contributed by atoms with Crippen LogP contribution in [0.3, 0.4) is 0 Å². The van der Waals surface area contributed by atoms with Gasteiger partial charge in [-0.25, -0.2) is 4.98 Å². The molecule has 13 heteroatoms. The van der Waals surface area contributed by atoms with Gasteiger partial charge in [-0.15, -0.1) is 0 Å². The van der Waals surface area contributed by atoms with Crippen molar-refractivity contribution in [2.45, 2.75) is 18.6 Å². The van der Waals surface area contributed by atoms with E-state index >= 15 is 0 Å². The SMILES string of the molecule is CN1CCN(c2nc(N)nc3cc(C(=O)N[C@@H](Cc4ccc(-c5cncc(C(F)(F)F)c5)cc4)C(=O)N(C)C)ccc23)CC1. The zero-order valence-electron chi connectivity index (χ0n) is 24.6. The van der Waals surface area contributed by atoms with E-state index in [-0.39, 0.29) is 18.3 Å². The number of hydrogen-bond donors (Lipinski definition) is 2. The van der Waals surface area contributed by atoms with Crippen molar-refractivity contribution in [3.8, 4) is 11.1 Å². The van der Waals surface area contributed by atoms with Gasteiger partial charge < -0.3 is 25.8 Å². The van der Waals surface area contributed by atoms with E-state index in [1.165, 1.54) is 11.1 Å². The molecule has 3 heterocycles. The largest absolute Gasteiger partial charge is 0.417 e. The molecule has 0 unspecified atom stereocenters. The lowest BCUT2D eigenvalue weighted by Crippen LogP contribution is -2.47. The van der Waals surface area contributed by atoms with Crippen LogP contribution in [-0.4, -0.2) is 89.9 Å². The first kappa shape index (κ1) is 30.7. The Morgan fingerprint density at radius 2 is 1.68 bits per heavy atom. The number of hydrogen-bond acceptors (Lipinski definition) is 8. The summed E-state index contributed by atoms with van der Waals surface area (Å²) in [6.45, 7) is 3.35. The Kier molecular flexibility index (Phi) is 8.68. The van der Waals surface area contributed by atoms with Gasteiger partial charge in [0.05, 0.1) is 11.1 Å². The highest BCUT2D eigenvalue weighted by molar-refractivity contribution is 6.02. The van der Waals surface area contributed by atoms with Gasteiger partial charge in [-0.05, 0) is 42.4 Å². The second-order valence-corrected chi connectivity index (χ2v) is 11.0. The quantitative estimate of drug-likeness (QED) is 0.328. The predicted octanol–water partition coefficient (Wildman–Crippen LogP) is 3.47. The van der Waals surface area contributed by atoms with Crippen LogP contribution in [0.15, 0.2) is 60.9 Å². The van der Waals surface area contributed by atoms with Gasteiger partial charge in [-0.2, -0.15) is 18.2 Å². The maximum Gasteiger partial charge on any atom is 0.417 e. The van der Waals surface area contributed by atoms with Gasteiger partial charge in [-0.3, -0.25) is 14.6 Å². The topological polar surface area (TPSA) is 121 Å². The third-order valence-corrected chi connectivity index (χ3v) is 7.60. The molecule has 0 saturated carbocycles. The van der Waals surface area contributed by atoms with Crippen LogP contribution in [0.1, 0.15) is 21.5 Å². The van der Waals surface area contributed by atoms with Crippen molar-refractivity contribution in [1.82, 2.24) is 30.1 Å². The molecular weight excluding hydrogens is 573 g/mol. The Hall–Kier alpha value is -4.78. The zero-order valence-corrected chi connectivity index (χ0v) is 24.6. The van der Waals surface area contributed by atoms with Crippen LogP contribution < -0.4 is 16.0 Å². The fourth-order valence-electron chi connectivity index (χ4n) is 5.11. The second kappa shape index (κ2) is 12.4. The molecule has 230 valence electrons. The summed E-state index contributed by atoms with van der Waals surface area (Å²) in [6, 6.07) is 12.0. The lowest BCUT2D eigenvalue weighted by atomic mass is 10.00. The molecule has 4 aromatic rings. The summed E-state index contributed by atoms with van der Waals surface area (Å²) in [7, 11) is 5.26. The van der Waals surface area contributed by atoms with Gasteiger partial charge in [0.25, 0.3) is 5.91 Å². The molecule has 5 rings (SSSR count). The number of nitrogens with one attached hydrogen (secondary N) is 1. The molecule has 1 saturated heterocycles. The molecule has 44 heavy (non-hydrogen) atoms. The lowest BCUT2D eigenvalue weighted by Gasteiger charge is -2.33. The smallest absolute Gasteiger partial charge is 0.368 e. The van der Waals surface area contributed by atoms with Crippen LogP contribution in [0.4, 0.5) is 24.9 Å². The van der Waals surface area contributed by atoms with E-state index in [0.717, 1.165) is 49.6 Å². The number of pyridine rings is 1. The molecular formula is C31H33F3N8O2. The highest BCUT2D eigenvalue weighted by Gasteiger charge is 2.31. The van der Waals surface area contributed by atoms with E-state index in [0.29, 0.717) is 27.8 Å². The number of anilines is 2. The summed E-state index contributed by atoms with van der Waals surface area (Å²) in [5.41, 5.74) is 7.60. The summed E-state index contributed by atoms with van der Waals surface area (Å²) in [5.74, 6) is 0.0536. The van der Waals surface area contributed by atoms with Crippen molar-refractivity contribution in [3.63, 3.8) is 0 Å². The number of amides is 2. The van der Waals surface area contributed by atoms with Crippen molar-refractivity contribution in [1.29, 1.82) is 0 Å². The maximum atomic E-state index is 13.4. The normalized spacial score (nSPS) is 14.8. The minimum absolute atomic E-state index is 0.106. The Labute approximate surface area is 252 Å². The van der Waals surface area contributed by atoms with Gasteiger partial charge in [0.15, 0.2) is 0 Å². The summed E-state index contributed by atoms with van der Waals surface area (Å²) in [6.07, 6.45) is -2.19. The molecule has 0 bridgehead atoms. The number of aromatic nitrogens is 3. The molecule has 1 fully saturated rings. The van der Waals surface area contributed by atoms with Crippen LogP contribution >= 0.6 is 0 Å². The molecule has 0 spiro atoms. The zero-order chi connectivity index (χ0) is 31.6. The van der Waals surface area contributed by atoms with Crippen molar-refractivity contribution >= 4 is 34.5 Å². The molecule has 2 aromatic heterocycles. The van der Waals surface area contributed by atoms with Gasteiger partial charge in [0, 0.05) is 75.6 Å². The van der Waals surface area contributed by atoms with Gasteiger partial charge in [-0.1, -0.05) is 24.3 Å². The Bertz CT molecular complexity index is 1670. The van der Waals surface area contributed by atoms with Crippen LogP contribution in [0.2, 0.25) is 0 Å². The molecule has 3 N–H and O–H groups in total. The number of carbonyl (C=O) groups excluding carboxylic acids is 2. The molecule has 0 aliphatic carbocycles. The first-order valence-electron chi connectivity index (χ1n) is 14.0. The van der Waals surface area contributed by atoms with Crippen LogP contribution in [0.25, 0.3) is 22.0 Å². The van der Waals surface area contributed by atoms with E-state index < -0.39 is 23.7 Å². The summed E-state index contributed by atoms with van der Waals surface area (Å²) < 4.78 is 39.4. The lowest BCUT2D eigenvalue weighted by molar-refractivity contribution is -0.137. The molecule has 1 aliphatic rings. The minimum Gasteiger partial charge on any atom is -0.368 e. The van der Waals surface area contributed by atoms with Crippen molar-refractivity contribution in [2.75, 3.05) is 58.0 Å². The Morgan fingerprint density at radius 1 is 0.977 bits per heavy atom. The summed E-state index contributed by atoms with van der Waals surface area (Å²) >= 11 is 0. The standard InChI is InChI=1S/C31H33F3N8O2/c1-40(2)29(44)26(14-19-4-6-20(7-5-19)22-15-23(18-36-17-22)31(32,33)34)37-28(43)21-8-9-24-25(16-21)38-30(35)39-27(24)42-12-10-41(3)11-13-42/h4-9,15-18,26H,10-14H2,1-3H3,(H,37,43)(H2,35,38,39)/t26-/m0/s1. The average molecular weight is 607 g/mol. The van der Waals surface area contributed by atoms with E-state index in [1.54, 1.807) is 56.6 Å². The van der Waals surface area contributed by atoms with Gasteiger partial charge >= 0.3 is 6.18 Å². The molecule has 10 nitrogen and oxygen atoms in total. The first-order chi connectivity index (χ1) is 20.9. The fraction of sp³-hybridized carbons (Fsp3) is 0.323. The summed E-state index contributed by atoms with van der Waals surface area (Å²) in [4.78, 5) is 44.8. The van der Waals surface area contributed by atoms with E-state index in [4.69, 9.17) is 5.73 Å². The predicted molar refractivity (Wildman–Crippen MR) is 162 cm³/mol. The van der Waals surface area contributed by atoms with Crippen LogP contribution in [-0.2, 0) is 17.4 Å². The van der Waals surface area contributed by atoms with Crippen LogP contribution in [0.5, 0.6) is 0 Å². The second-order valence-electron chi connectivity index (χ2n) is 11.0. The van der Waals surface area contributed by atoms with Crippen LogP contribution in [0, 0.1) is 0 Å². The number of likely N-dealkylation sites (N-methyl/N-ethyl adjacent to an activating group) is 2. The minimum atomic E-state index is -4.50. The number of nitrogens with zero attached hydrogens (tertiary/aromatic N) is 6. The van der Waals surface area contributed by atoms with Crippen molar-refractivity contribution < 1.29 is 22.8 Å². The van der Waals surface area contributed by atoms with E-state index in [2.05, 4.69) is 37.1 Å². The van der Waals surface area contributed by atoms with Gasteiger partial charge in [0.2, 0.25) is 11.9 Å². The molecule has 0 radical (unpaired) electrons. The summed E-state index contributed by atoms with van der Waals surface area (Å²) in [5, 5.41) is 3.61. The number of piperazine rings is 1. The molecule has 2 amide bonds. The monoisotopic (exact) mass is 606 g/mol. The third-order valence-electron chi connectivity index (χ3n) is 7.60. The maximum absolute atomic E-state index is 13.4.